The highest BCUT2D eigenvalue weighted by Crippen LogP contribution is 2.07. The molecule has 0 saturated heterocycles. The number of hydrogen-bond donors (Lipinski definition) is 2. The summed E-state index contributed by atoms with van der Waals surface area (Å²) >= 11 is 0. The summed E-state index contributed by atoms with van der Waals surface area (Å²) in [4.78, 5) is 8.80. The highest BCUT2D eigenvalue weighted by Gasteiger charge is 2.03. The predicted octanol–water partition coefficient (Wildman–Crippen LogP) is 2.00. The molecule has 120 valence electrons. The van der Waals surface area contributed by atoms with E-state index in [4.69, 9.17) is 0 Å². The second-order valence-electron chi connectivity index (χ2n) is 4.78. The van der Waals surface area contributed by atoms with Crippen LogP contribution < -0.4 is 10.6 Å². The lowest BCUT2D eigenvalue weighted by Gasteiger charge is -2.11. The lowest BCUT2D eigenvalue weighted by molar-refractivity contribution is 0.673. The van der Waals surface area contributed by atoms with Crippen molar-refractivity contribution in [3.63, 3.8) is 0 Å². The number of aromatic nitrogens is 3. The summed E-state index contributed by atoms with van der Waals surface area (Å²) in [6.45, 7) is 6.22. The molecule has 2 rings (SSSR count). The fourth-order valence-electron chi connectivity index (χ4n) is 1.94. The second-order valence-corrected chi connectivity index (χ2v) is 4.78. The van der Waals surface area contributed by atoms with Crippen molar-refractivity contribution in [1.82, 2.24) is 25.4 Å². The molecule has 0 aliphatic heterocycles. The van der Waals surface area contributed by atoms with E-state index >= 15 is 0 Å². The molecule has 0 aliphatic rings. The van der Waals surface area contributed by atoms with Crippen molar-refractivity contribution in [3.05, 3.63) is 47.5 Å². The first-order valence-electron chi connectivity index (χ1n) is 7.10. The van der Waals surface area contributed by atoms with Crippen molar-refractivity contribution in [3.8, 4) is 0 Å². The van der Waals surface area contributed by atoms with Gasteiger partial charge in [0.2, 0.25) is 0 Å². The molecule has 1 heterocycles. The van der Waals surface area contributed by atoms with E-state index in [1.807, 2.05) is 26.1 Å². The topological polar surface area (TPSA) is 67.1 Å². The quantitative estimate of drug-likeness (QED) is 0.446. The van der Waals surface area contributed by atoms with Gasteiger partial charge in [-0.15, -0.1) is 24.0 Å². The minimum Gasteiger partial charge on any atom is -0.357 e. The Labute approximate surface area is 148 Å². The van der Waals surface area contributed by atoms with E-state index in [1.54, 1.807) is 11.0 Å². The van der Waals surface area contributed by atoms with Gasteiger partial charge < -0.3 is 10.6 Å². The normalized spacial score (nSPS) is 11.0. The first-order valence-corrected chi connectivity index (χ1v) is 7.10. The zero-order valence-corrected chi connectivity index (χ0v) is 15.5. The number of nitrogens with one attached hydrogen (secondary N) is 2. The highest BCUT2D eigenvalue weighted by molar-refractivity contribution is 14.0. The number of nitrogens with zero attached hydrogens (tertiary/aromatic N) is 4. The Morgan fingerprint density at radius 1 is 1.27 bits per heavy atom. The first kappa shape index (κ1) is 18.4. The molecule has 0 amide bonds. The molecule has 2 N–H and O–H groups in total. The largest absolute Gasteiger partial charge is 0.357 e. The number of benzene rings is 1. The minimum atomic E-state index is 0. The number of guanidine groups is 1. The summed E-state index contributed by atoms with van der Waals surface area (Å²) in [6, 6.07) is 8.29. The molecule has 0 radical (unpaired) electrons. The zero-order valence-electron chi connectivity index (χ0n) is 13.2. The third-order valence-corrected chi connectivity index (χ3v) is 3.23. The number of halogens is 1. The number of aryl methyl sites for hydroxylation is 2. The molecule has 0 saturated carbocycles. The Balaban J connectivity index is 0.00000242. The van der Waals surface area contributed by atoms with Crippen LogP contribution in [0.25, 0.3) is 0 Å². The Morgan fingerprint density at radius 3 is 2.68 bits per heavy atom. The molecular formula is C15H23IN6. The van der Waals surface area contributed by atoms with Crippen LogP contribution in [-0.4, -0.2) is 27.3 Å². The van der Waals surface area contributed by atoms with Crippen LogP contribution >= 0.6 is 24.0 Å². The van der Waals surface area contributed by atoms with Gasteiger partial charge in [-0.05, 0) is 25.0 Å². The van der Waals surface area contributed by atoms with Gasteiger partial charge in [0.15, 0.2) is 5.96 Å². The predicted molar refractivity (Wildman–Crippen MR) is 99.3 cm³/mol. The van der Waals surface area contributed by atoms with Crippen LogP contribution in [0.2, 0.25) is 0 Å². The van der Waals surface area contributed by atoms with Crippen molar-refractivity contribution in [1.29, 1.82) is 0 Å². The number of aliphatic imine (C=N–C) groups is 1. The van der Waals surface area contributed by atoms with Gasteiger partial charge >= 0.3 is 0 Å². The molecule has 0 spiro atoms. The molecule has 2 aromatic rings. The van der Waals surface area contributed by atoms with E-state index < -0.39 is 0 Å². The minimum absolute atomic E-state index is 0. The summed E-state index contributed by atoms with van der Waals surface area (Å²) in [7, 11) is 1.88. The first-order chi connectivity index (χ1) is 10.2. The maximum atomic E-state index is 4.61. The van der Waals surface area contributed by atoms with E-state index in [2.05, 4.69) is 44.8 Å². The number of hydrogen-bond acceptors (Lipinski definition) is 3. The summed E-state index contributed by atoms with van der Waals surface area (Å²) in [6.07, 6.45) is 1.55. The van der Waals surface area contributed by atoms with Crippen LogP contribution in [0, 0.1) is 6.92 Å². The van der Waals surface area contributed by atoms with Crippen LogP contribution in [0.4, 0.5) is 0 Å². The Kier molecular flexibility index (Phi) is 7.86. The smallest absolute Gasteiger partial charge is 0.191 e. The van der Waals surface area contributed by atoms with Crippen LogP contribution in [0.3, 0.4) is 0 Å². The molecular weight excluding hydrogens is 391 g/mol. The third kappa shape index (κ3) is 5.28. The number of rotatable bonds is 5. The molecule has 6 nitrogen and oxygen atoms in total. The van der Waals surface area contributed by atoms with Crippen molar-refractivity contribution in [2.75, 3.05) is 6.54 Å². The second kappa shape index (κ2) is 9.39. The monoisotopic (exact) mass is 414 g/mol. The van der Waals surface area contributed by atoms with Gasteiger partial charge in [-0.2, -0.15) is 5.10 Å². The van der Waals surface area contributed by atoms with Gasteiger partial charge in [-0.25, -0.2) is 9.98 Å². The fraction of sp³-hybridized carbons (Fsp3) is 0.400. The Morgan fingerprint density at radius 2 is 2.05 bits per heavy atom. The Hall–Kier alpha value is -1.64. The van der Waals surface area contributed by atoms with E-state index in [0.29, 0.717) is 13.1 Å². The summed E-state index contributed by atoms with van der Waals surface area (Å²) in [5.41, 5.74) is 2.48. The summed E-state index contributed by atoms with van der Waals surface area (Å²) in [5.74, 6) is 1.65. The molecule has 0 unspecified atom stereocenters. The Bertz CT molecular complexity index is 608. The van der Waals surface area contributed by atoms with Crippen LogP contribution in [0.1, 0.15) is 23.9 Å². The van der Waals surface area contributed by atoms with Crippen molar-refractivity contribution < 1.29 is 0 Å². The molecule has 22 heavy (non-hydrogen) atoms. The van der Waals surface area contributed by atoms with Crippen LogP contribution in [0.5, 0.6) is 0 Å². The molecule has 1 aromatic carbocycles. The maximum absolute atomic E-state index is 4.61. The lowest BCUT2D eigenvalue weighted by atomic mass is 10.1. The van der Waals surface area contributed by atoms with Gasteiger partial charge in [-0.1, -0.05) is 24.3 Å². The van der Waals surface area contributed by atoms with Gasteiger partial charge in [0.25, 0.3) is 0 Å². The highest BCUT2D eigenvalue weighted by atomic mass is 127. The summed E-state index contributed by atoms with van der Waals surface area (Å²) in [5, 5.41) is 10.6. The third-order valence-electron chi connectivity index (χ3n) is 3.23. The van der Waals surface area contributed by atoms with E-state index in [1.165, 1.54) is 11.1 Å². The molecule has 1 aromatic heterocycles. The standard InChI is InChI=1S/C15H22N6.HI/c1-4-16-15(18-10-14-19-11-20-21(14)3)17-9-13-8-6-5-7-12(13)2;/h5-8,11H,4,9-10H2,1-3H3,(H2,16,17,18);1H. The molecule has 0 atom stereocenters. The van der Waals surface area contributed by atoms with Gasteiger partial charge in [0.1, 0.15) is 12.2 Å². The van der Waals surface area contributed by atoms with Crippen LogP contribution in [0.15, 0.2) is 35.6 Å². The van der Waals surface area contributed by atoms with Crippen molar-refractivity contribution in [2.24, 2.45) is 12.0 Å². The molecule has 0 fully saturated rings. The molecule has 0 aliphatic carbocycles. The lowest BCUT2D eigenvalue weighted by Crippen LogP contribution is -2.37. The van der Waals surface area contributed by atoms with Gasteiger partial charge in [0.05, 0.1) is 13.1 Å². The zero-order chi connectivity index (χ0) is 15.1. The van der Waals surface area contributed by atoms with Crippen molar-refractivity contribution in [2.45, 2.75) is 26.9 Å². The average molecular weight is 414 g/mol. The van der Waals surface area contributed by atoms with Gasteiger partial charge in [0, 0.05) is 13.6 Å². The average Bonchev–Trinajstić information content (AvgIpc) is 2.89. The maximum Gasteiger partial charge on any atom is 0.191 e. The molecule has 0 bridgehead atoms. The SMILES string of the molecule is CCNC(=NCc1ccccc1C)NCc1ncnn1C.I. The van der Waals surface area contributed by atoms with Crippen LogP contribution in [-0.2, 0) is 20.1 Å². The van der Waals surface area contributed by atoms with E-state index in [-0.39, 0.29) is 24.0 Å². The van der Waals surface area contributed by atoms with Gasteiger partial charge in [-0.3, -0.25) is 4.68 Å². The molecule has 7 heteroatoms. The fourth-order valence-corrected chi connectivity index (χ4v) is 1.94. The van der Waals surface area contributed by atoms with Crippen molar-refractivity contribution >= 4 is 29.9 Å². The van der Waals surface area contributed by atoms with E-state index in [0.717, 1.165) is 18.3 Å². The summed E-state index contributed by atoms with van der Waals surface area (Å²) < 4.78 is 1.75. The van der Waals surface area contributed by atoms with E-state index in [9.17, 15) is 0 Å².